The van der Waals surface area contributed by atoms with Crippen LogP contribution in [-0.4, -0.2) is 0 Å². The number of hydrogen-bond donors (Lipinski definition) is 0. The smallest absolute Gasteiger partial charge is 0.0127 e. The van der Waals surface area contributed by atoms with E-state index in [9.17, 15) is 0 Å². The maximum absolute atomic E-state index is 2.50. The molecule has 0 saturated heterocycles. The van der Waals surface area contributed by atoms with E-state index in [1.807, 2.05) is 0 Å². The van der Waals surface area contributed by atoms with Crippen molar-refractivity contribution in [1.29, 1.82) is 0 Å². The molecule has 0 heterocycles. The first-order valence-electron chi connectivity index (χ1n) is 9.02. The van der Waals surface area contributed by atoms with E-state index in [0.717, 1.165) is 11.8 Å². The van der Waals surface area contributed by atoms with E-state index in [4.69, 9.17) is 0 Å². The van der Waals surface area contributed by atoms with Gasteiger partial charge in [-0.1, -0.05) is 81.0 Å². The lowest BCUT2D eigenvalue weighted by Gasteiger charge is -2.03. The minimum atomic E-state index is 0.837. The predicted octanol–water partition coefficient (Wildman–Crippen LogP) is 6.88. The van der Waals surface area contributed by atoms with Gasteiger partial charge in [0.2, 0.25) is 0 Å². The van der Waals surface area contributed by atoms with Crippen LogP contribution in [0, 0.1) is 5.92 Å². The van der Waals surface area contributed by atoms with Gasteiger partial charge in [-0.3, -0.25) is 0 Å². The number of hydrogen-bond acceptors (Lipinski definition) is 0. The van der Waals surface area contributed by atoms with Crippen molar-refractivity contribution in [2.75, 3.05) is 0 Å². The normalized spacial score (nSPS) is 21.5. The molecule has 0 amide bonds. The Labute approximate surface area is 131 Å². The fourth-order valence-electron chi connectivity index (χ4n) is 3.35. The lowest BCUT2D eigenvalue weighted by Crippen LogP contribution is -1.86. The standard InChI is InChI=1S/C21H32/c1-3-4-5-6-7-8-10-13-18(2)16-20-17-21(20)19-14-11-9-12-15-19/h9,11-15,20-21H,3-8,10,16-17H2,1-2H3/b18-13+/t20-,21-/m1/s1. The summed E-state index contributed by atoms with van der Waals surface area (Å²) in [5, 5.41) is 0. The molecule has 0 spiro atoms. The van der Waals surface area contributed by atoms with Crippen molar-refractivity contribution in [1.82, 2.24) is 0 Å². The maximum Gasteiger partial charge on any atom is -0.0127 e. The highest BCUT2D eigenvalue weighted by molar-refractivity contribution is 5.26. The average Bonchev–Trinajstić information content (AvgIpc) is 3.26. The van der Waals surface area contributed by atoms with Gasteiger partial charge >= 0.3 is 0 Å². The number of benzene rings is 1. The molecule has 21 heavy (non-hydrogen) atoms. The van der Waals surface area contributed by atoms with Gasteiger partial charge in [0.15, 0.2) is 0 Å². The molecule has 0 unspecified atom stereocenters. The molecule has 116 valence electrons. The Kier molecular flexibility index (Phi) is 7.06. The second-order valence-corrected chi connectivity index (χ2v) is 6.82. The Morgan fingerprint density at radius 1 is 1.05 bits per heavy atom. The van der Waals surface area contributed by atoms with Crippen LogP contribution in [0.2, 0.25) is 0 Å². The molecule has 0 aromatic heterocycles. The van der Waals surface area contributed by atoms with Gasteiger partial charge in [0.1, 0.15) is 0 Å². The van der Waals surface area contributed by atoms with Crippen LogP contribution in [0.15, 0.2) is 42.0 Å². The van der Waals surface area contributed by atoms with Crippen LogP contribution in [0.4, 0.5) is 0 Å². The van der Waals surface area contributed by atoms with Gasteiger partial charge in [0.25, 0.3) is 0 Å². The number of rotatable bonds is 10. The second kappa shape index (κ2) is 9.07. The van der Waals surface area contributed by atoms with Crippen LogP contribution in [0.3, 0.4) is 0 Å². The zero-order valence-electron chi connectivity index (χ0n) is 14.0. The van der Waals surface area contributed by atoms with Crippen LogP contribution in [0.1, 0.15) is 83.1 Å². The molecular weight excluding hydrogens is 252 g/mol. The van der Waals surface area contributed by atoms with E-state index < -0.39 is 0 Å². The van der Waals surface area contributed by atoms with Crippen molar-refractivity contribution in [2.45, 2.75) is 77.6 Å². The van der Waals surface area contributed by atoms with E-state index in [0.29, 0.717) is 0 Å². The molecule has 0 N–H and O–H groups in total. The summed E-state index contributed by atoms with van der Waals surface area (Å²) in [5.41, 5.74) is 3.17. The van der Waals surface area contributed by atoms with Crippen molar-refractivity contribution in [2.24, 2.45) is 5.92 Å². The van der Waals surface area contributed by atoms with Gasteiger partial charge in [0, 0.05) is 0 Å². The molecule has 0 nitrogen and oxygen atoms in total. The summed E-state index contributed by atoms with van der Waals surface area (Å²) in [6.07, 6.45) is 14.9. The molecule has 1 fully saturated rings. The molecule has 0 heteroatoms. The summed E-state index contributed by atoms with van der Waals surface area (Å²) in [5.74, 6) is 1.75. The van der Waals surface area contributed by atoms with Crippen molar-refractivity contribution in [3.63, 3.8) is 0 Å². The van der Waals surface area contributed by atoms with Crippen molar-refractivity contribution in [3.8, 4) is 0 Å². The van der Waals surface area contributed by atoms with Gasteiger partial charge < -0.3 is 0 Å². The van der Waals surface area contributed by atoms with Crippen LogP contribution < -0.4 is 0 Å². The van der Waals surface area contributed by atoms with E-state index in [1.54, 1.807) is 11.1 Å². The van der Waals surface area contributed by atoms with E-state index >= 15 is 0 Å². The molecule has 1 aliphatic rings. The Morgan fingerprint density at radius 3 is 2.52 bits per heavy atom. The summed E-state index contributed by atoms with van der Waals surface area (Å²) < 4.78 is 0. The first-order chi connectivity index (χ1) is 10.3. The van der Waals surface area contributed by atoms with Gasteiger partial charge in [-0.15, -0.1) is 0 Å². The monoisotopic (exact) mass is 284 g/mol. The topological polar surface area (TPSA) is 0 Å². The van der Waals surface area contributed by atoms with Gasteiger partial charge in [0.05, 0.1) is 0 Å². The van der Waals surface area contributed by atoms with E-state index in [-0.39, 0.29) is 0 Å². The quantitative estimate of drug-likeness (QED) is 0.324. The second-order valence-electron chi connectivity index (χ2n) is 6.82. The SMILES string of the molecule is CCCCCCCC/C=C(\C)C[C@@H]1C[C@@H]1c1ccccc1. The molecule has 0 bridgehead atoms. The van der Waals surface area contributed by atoms with Gasteiger partial charge in [-0.2, -0.15) is 0 Å². The summed E-state index contributed by atoms with van der Waals surface area (Å²) in [4.78, 5) is 0. The van der Waals surface area contributed by atoms with Crippen LogP contribution >= 0.6 is 0 Å². The van der Waals surface area contributed by atoms with Crippen molar-refractivity contribution < 1.29 is 0 Å². The summed E-state index contributed by atoms with van der Waals surface area (Å²) in [6.45, 7) is 4.62. The fraction of sp³-hybridized carbons (Fsp3) is 0.619. The lowest BCUT2D eigenvalue weighted by molar-refractivity contribution is 0.610. The molecule has 2 atom stereocenters. The van der Waals surface area contributed by atoms with E-state index in [1.165, 1.54) is 57.8 Å². The zero-order valence-corrected chi connectivity index (χ0v) is 14.0. The third kappa shape index (κ3) is 6.08. The Hall–Kier alpha value is -1.04. The molecule has 0 radical (unpaired) electrons. The fourth-order valence-corrected chi connectivity index (χ4v) is 3.35. The Bertz CT molecular complexity index is 415. The van der Waals surface area contributed by atoms with Gasteiger partial charge in [-0.25, -0.2) is 0 Å². The minimum Gasteiger partial charge on any atom is -0.0856 e. The van der Waals surface area contributed by atoms with Crippen LogP contribution in [0.5, 0.6) is 0 Å². The van der Waals surface area contributed by atoms with Gasteiger partial charge in [-0.05, 0) is 50.0 Å². The van der Waals surface area contributed by atoms with Crippen LogP contribution in [0.25, 0.3) is 0 Å². The molecule has 1 aromatic rings. The summed E-state index contributed by atoms with van der Waals surface area (Å²) in [6, 6.07) is 11.0. The maximum atomic E-state index is 2.50. The average molecular weight is 284 g/mol. The largest absolute Gasteiger partial charge is 0.0856 e. The third-order valence-electron chi connectivity index (χ3n) is 4.78. The Morgan fingerprint density at radius 2 is 1.76 bits per heavy atom. The molecular formula is C21H32. The molecule has 1 aromatic carbocycles. The first kappa shape index (κ1) is 16.3. The van der Waals surface area contributed by atoms with E-state index in [2.05, 4.69) is 50.3 Å². The molecule has 0 aliphatic heterocycles. The van der Waals surface area contributed by atoms with Crippen molar-refractivity contribution >= 4 is 0 Å². The molecule has 1 aliphatic carbocycles. The highest BCUT2D eigenvalue weighted by atomic mass is 14.4. The minimum absolute atomic E-state index is 0.837. The predicted molar refractivity (Wildman–Crippen MR) is 93.7 cm³/mol. The summed E-state index contributed by atoms with van der Waals surface area (Å²) in [7, 11) is 0. The number of allylic oxidation sites excluding steroid dienone is 2. The Balaban J connectivity index is 1.58. The highest BCUT2D eigenvalue weighted by Crippen LogP contribution is 2.50. The summed E-state index contributed by atoms with van der Waals surface area (Å²) >= 11 is 0. The lowest BCUT2D eigenvalue weighted by atomic mass is 10.0. The highest BCUT2D eigenvalue weighted by Gasteiger charge is 2.37. The number of unbranched alkanes of at least 4 members (excludes halogenated alkanes) is 6. The molecule has 1 saturated carbocycles. The van der Waals surface area contributed by atoms with Crippen molar-refractivity contribution in [3.05, 3.63) is 47.5 Å². The third-order valence-corrected chi connectivity index (χ3v) is 4.78. The molecule has 2 rings (SSSR count). The first-order valence-corrected chi connectivity index (χ1v) is 9.02. The zero-order chi connectivity index (χ0) is 14.9. The van der Waals surface area contributed by atoms with Crippen LogP contribution in [-0.2, 0) is 0 Å².